The summed E-state index contributed by atoms with van der Waals surface area (Å²) in [7, 11) is -5.75. The van der Waals surface area contributed by atoms with Gasteiger partial charge >= 0.3 is 13.3 Å². The van der Waals surface area contributed by atoms with Crippen LogP contribution in [0, 0.1) is 0 Å². The Morgan fingerprint density at radius 3 is 2.42 bits per heavy atom. The van der Waals surface area contributed by atoms with Crippen molar-refractivity contribution in [1.29, 1.82) is 0 Å². The van der Waals surface area contributed by atoms with Crippen LogP contribution in [-0.2, 0) is 19.8 Å². The molecule has 3 aromatic rings. The summed E-state index contributed by atoms with van der Waals surface area (Å²) >= 11 is 1.02. The second kappa shape index (κ2) is 11.2. The molecular formula is C30H32F2N5O6PS. The van der Waals surface area contributed by atoms with Gasteiger partial charge in [0.1, 0.15) is 17.9 Å². The first-order valence-electron chi connectivity index (χ1n) is 15.1. The molecule has 15 heteroatoms. The average molecular weight is 660 g/mol. The standard InChI is InChI=1S/C30H32F2N5O6PS/c31-30(32,44(41,42)43)20-6-9-24-17(10-20)11-25(45-24)27(38)35-22-3-1-2-21-7-8-23(37(21)28(22)39)29(40)36-14-19(15-36)26-33-12-18(13-34-26)16-4-5-16/h6,9-13,16,19,21-23H,1-5,7-8,14-15H2,(H,35,38)(H2,41,42,43)/t21-,22-,23-/m0/s1. The third kappa shape index (κ3) is 5.55. The van der Waals surface area contributed by atoms with Gasteiger partial charge in [0.15, 0.2) is 0 Å². The first kappa shape index (κ1) is 30.3. The molecule has 3 amide bonds. The van der Waals surface area contributed by atoms with Crippen LogP contribution in [0.2, 0.25) is 0 Å². The number of halogens is 2. The molecule has 7 rings (SSSR count). The van der Waals surface area contributed by atoms with Gasteiger partial charge in [0.05, 0.1) is 10.8 Å². The number of nitrogens with zero attached hydrogens (tertiary/aromatic N) is 4. The molecule has 0 bridgehead atoms. The number of hydrogen-bond donors (Lipinski definition) is 3. The second-order valence-corrected chi connectivity index (χ2v) is 15.2. The lowest BCUT2D eigenvalue weighted by Gasteiger charge is -2.41. The molecule has 4 fully saturated rings. The second-order valence-electron chi connectivity index (χ2n) is 12.5. The monoisotopic (exact) mass is 659 g/mol. The number of amides is 3. The van der Waals surface area contributed by atoms with Gasteiger partial charge in [-0.3, -0.25) is 18.9 Å². The number of fused-ring (bicyclic) bond motifs is 2. The summed E-state index contributed by atoms with van der Waals surface area (Å²) < 4.78 is 40.3. The predicted octanol–water partition coefficient (Wildman–Crippen LogP) is 4.06. The van der Waals surface area contributed by atoms with Gasteiger partial charge in [-0.15, -0.1) is 11.3 Å². The van der Waals surface area contributed by atoms with Crippen molar-refractivity contribution < 1.29 is 37.5 Å². The molecule has 1 aromatic carbocycles. The number of aromatic nitrogens is 2. The highest BCUT2D eigenvalue weighted by molar-refractivity contribution is 7.52. The molecule has 0 radical (unpaired) electrons. The summed E-state index contributed by atoms with van der Waals surface area (Å²) in [6.07, 6.45) is 9.21. The summed E-state index contributed by atoms with van der Waals surface area (Å²) in [5.74, 6) is 0.404. The van der Waals surface area contributed by atoms with Gasteiger partial charge in [-0.25, -0.2) is 9.97 Å². The quantitative estimate of drug-likeness (QED) is 0.321. The Morgan fingerprint density at radius 2 is 1.73 bits per heavy atom. The Balaban J connectivity index is 1.01. The SMILES string of the molecule is O=C(N[C@H]1CCC[C@H]2CC[C@@H](C(=O)N3CC(c4ncc(C5CC5)cn4)C3)N2C1=O)c1cc2cc(C(F)(F)P(=O)(O)O)ccc2s1. The summed E-state index contributed by atoms with van der Waals surface area (Å²) in [4.78, 5) is 71.4. The highest BCUT2D eigenvalue weighted by Gasteiger charge is 2.51. The average Bonchev–Trinajstić information content (AvgIpc) is 3.63. The number of carbonyl (C=O) groups is 3. The van der Waals surface area contributed by atoms with E-state index in [2.05, 4.69) is 15.3 Å². The summed E-state index contributed by atoms with van der Waals surface area (Å²) in [6.45, 7) is 0.997. The number of nitrogens with one attached hydrogen (secondary N) is 1. The van der Waals surface area contributed by atoms with Crippen molar-refractivity contribution >= 4 is 46.7 Å². The molecule has 11 nitrogen and oxygen atoms in total. The lowest BCUT2D eigenvalue weighted by atomic mass is 9.97. The fourth-order valence-corrected chi connectivity index (χ4v) is 8.12. The van der Waals surface area contributed by atoms with E-state index < -0.39 is 36.8 Å². The lowest BCUT2D eigenvalue weighted by molar-refractivity contribution is -0.148. The molecule has 3 aliphatic heterocycles. The zero-order valence-electron chi connectivity index (χ0n) is 24.1. The van der Waals surface area contributed by atoms with Gasteiger partial charge in [0.25, 0.3) is 5.91 Å². The van der Waals surface area contributed by atoms with Crippen LogP contribution >= 0.6 is 18.9 Å². The summed E-state index contributed by atoms with van der Waals surface area (Å²) in [6, 6.07) is 3.01. The molecule has 3 atom stereocenters. The Morgan fingerprint density at radius 1 is 1.00 bits per heavy atom. The minimum Gasteiger partial charge on any atom is -0.340 e. The lowest BCUT2D eigenvalue weighted by Crippen LogP contribution is -2.58. The molecule has 1 saturated carbocycles. The topological polar surface area (TPSA) is 153 Å². The van der Waals surface area contributed by atoms with Crippen molar-refractivity contribution in [2.45, 2.75) is 80.6 Å². The van der Waals surface area contributed by atoms with Gasteiger partial charge < -0.3 is 24.9 Å². The van der Waals surface area contributed by atoms with Crippen molar-refractivity contribution in [2.24, 2.45) is 0 Å². The number of hydrogen-bond acceptors (Lipinski definition) is 7. The fourth-order valence-electron chi connectivity index (χ4n) is 6.70. The Kier molecular flexibility index (Phi) is 7.54. The van der Waals surface area contributed by atoms with Gasteiger partial charge in [0.2, 0.25) is 11.8 Å². The predicted molar refractivity (Wildman–Crippen MR) is 160 cm³/mol. The van der Waals surface area contributed by atoms with Crippen molar-refractivity contribution in [3.8, 4) is 0 Å². The van der Waals surface area contributed by atoms with Gasteiger partial charge in [-0.2, -0.15) is 8.78 Å². The van der Waals surface area contributed by atoms with Crippen LogP contribution in [0.25, 0.3) is 10.1 Å². The zero-order valence-corrected chi connectivity index (χ0v) is 25.9. The minimum absolute atomic E-state index is 0.0617. The number of rotatable bonds is 7. The number of alkyl halides is 2. The maximum atomic E-state index is 14.2. The van der Waals surface area contributed by atoms with Gasteiger partial charge in [0, 0.05) is 41.8 Å². The maximum absolute atomic E-state index is 14.2. The first-order chi connectivity index (χ1) is 21.4. The van der Waals surface area contributed by atoms with E-state index in [4.69, 9.17) is 9.79 Å². The first-order valence-corrected chi connectivity index (χ1v) is 17.5. The molecule has 0 unspecified atom stereocenters. The van der Waals surface area contributed by atoms with E-state index in [1.54, 1.807) is 9.80 Å². The third-order valence-corrected chi connectivity index (χ3v) is 11.5. The number of thiophene rings is 1. The van der Waals surface area contributed by atoms with E-state index in [9.17, 15) is 27.7 Å². The van der Waals surface area contributed by atoms with E-state index in [0.29, 0.717) is 49.4 Å². The van der Waals surface area contributed by atoms with Crippen molar-refractivity contribution in [1.82, 2.24) is 25.1 Å². The van der Waals surface area contributed by atoms with Crippen LogP contribution in [0.1, 0.15) is 83.4 Å². The number of benzene rings is 1. The smallest absolute Gasteiger partial charge is 0.340 e. The highest BCUT2D eigenvalue weighted by Crippen LogP contribution is 2.59. The van der Waals surface area contributed by atoms with E-state index in [-0.39, 0.29) is 34.0 Å². The maximum Gasteiger partial charge on any atom is 0.399 e. The number of carbonyl (C=O) groups excluding carboxylic acids is 3. The fraction of sp³-hybridized carbons (Fsp3) is 0.500. The van der Waals surface area contributed by atoms with Crippen LogP contribution in [0.4, 0.5) is 8.78 Å². The largest absolute Gasteiger partial charge is 0.399 e. The summed E-state index contributed by atoms with van der Waals surface area (Å²) in [5.41, 5.74) is -4.06. The van der Waals surface area contributed by atoms with E-state index >= 15 is 0 Å². The molecule has 0 spiro atoms. The molecule has 2 aromatic heterocycles. The van der Waals surface area contributed by atoms with Gasteiger partial charge in [-0.1, -0.05) is 6.07 Å². The van der Waals surface area contributed by atoms with E-state index in [1.165, 1.54) is 25.0 Å². The Bertz CT molecular complexity index is 1720. The molecule has 3 saturated heterocycles. The molecular weight excluding hydrogens is 627 g/mol. The zero-order chi connectivity index (χ0) is 31.7. The van der Waals surface area contributed by atoms with Crippen molar-refractivity contribution in [3.05, 3.63) is 58.5 Å². The molecule has 5 heterocycles. The molecule has 45 heavy (non-hydrogen) atoms. The molecule has 3 N–H and O–H groups in total. The van der Waals surface area contributed by atoms with Crippen molar-refractivity contribution in [2.75, 3.05) is 13.1 Å². The van der Waals surface area contributed by atoms with Gasteiger partial charge in [-0.05, 0) is 80.0 Å². The highest BCUT2D eigenvalue weighted by atomic mass is 32.1. The van der Waals surface area contributed by atoms with Crippen LogP contribution in [0.3, 0.4) is 0 Å². The summed E-state index contributed by atoms with van der Waals surface area (Å²) in [5, 5.41) is 3.02. The van der Waals surface area contributed by atoms with Crippen LogP contribution in [0.5, 0.6) is 0 Å². The van der Waals surface area contributed by atoms with Crippen molar-refractivity contribution in [3.63, 3.8) is 0 Å². The Hall–Kier alpha value is -3.32. The Labute approximate surface area is 261 Å². The minimum atomic E-state index is -5.75. The van der Waals surface area contributed by atoms with Crippen LogP contribution in [-0.4, -0.2) is 78.5 Å². The van der Waals surface area contributed by atoms with Crippen LogP contribution < -0.4 is 5.32 Å². The van der Waals surface area contributed by atoms with Crippen LogP contribution in [0.15, 0.2) is 36.7 Å². The molecule has 238 valence electrons. The molecule has 4 aliphatic rings. The molecule has 1 aliphatic carbocycles. The van der Waals surface area contributed by atoms with E-state index in [0.717, 1.165) is 41.3 Å². The normalized spacial score (nSPS) is 24.4. The third-order valence-electron chi connectivity index (χ3n) is 9.43. The number of likely N-dealkylation sites (tertiary alicyclic amines) is 1. The van der Waals surface area contributed by atoms with E-state index in [1.807, 2.05) is 12.4 Å².